The molecule has 0 amide bonds. The predicted molar refractivity (Wildman–Crippen MR) is 108 cm³/mol. The molecule has 9 nitrogen and oxygen atoms in total. The van der Waals surface area contributed by atoms with Gasteiger partial charge in [0.1, 0.15) is 11.3 Å². The molecule has 1 aliphatic rings. The first kappa shape index (κ1) is 18.6. The number of aliphatic hydroxyl groups excluding tert-OH is 1. The average Bonchev–Trinajstić information content (AvgIpc) is 3.17. The summed E-state index contributed by atoms with van der Waals surface area (Å²) in [5.74, 6) is 2.13. The number of hydrogen-bond acceptors (Lipinski definition) is 8. The van der Waals surface area contributed by atoms with Gasteiger partial charge in [0.15, 0.2) is 17.3 Å². The minimum Gasteiger partial charge on any atom is -0.395 e. The lowest BCUT2D eigenvalue weighted by atomic mass is 10.2. The van der Waals surface area contributed by atoms with Crippen molar-refractivity contribution in [1.29, 1.82) is 0 Å². The van der Waals surface area contributed by atoms with E-state index in [4.69, 9.17) is 9.72 Å². The summed E-state index contributed by atoms with van der Waals surface area (Å²) >= 11 is 0. The summed E-state index contributed by atoms with van der Waals surface area (Å²) in [5, 5.41) is 12.3. The second-order valence-electron chi connectivity index (χ2n) is 6.97. The molecule has 0 radical (unpaired) electrons. The van der Waals surface area contributed by atoms with Crippen molar-refractivity contribution in [3.63, 3.8) is 0 Å². The van der Waals surface area contributed by atoms with Crippen LogP contribution in [-0.4, -0.2) is 69.1 Å². The maximum Gasteiger partial charge on any atom is 0.166 e. The molecule has 0 atom stereocenters. The van der Waals surface area contributed by atoms with Crippen molar-refractivity contribution in [2.75, 3.05) is 49.7 Å². The Morgan fingerprint density at radius 3 is 2.68 bits per heavy atom. The van der Waals surface area contributed by atoms with Crippen LogP contribution in [0, 0.1) is 0 Å². The molecule has 0 unspecified atom stereocenters. The van der Waals surface area contributed by atoms with E-state index in [1.165, 1.54) is 0 Å². The van der Waals surface area contributed by atoms with Crippen LogP contribution in [0.15, 0.2) is 24.7 Å². The van der Waals surface area contributed by atoms with Gasteiger partial charge >= 0.3 is 0 Å². The fourth-order valence-corrected chi connectivity index (χ4v) is 3.22. The Morgan fingerprint density at radius 2 is 2.00 bits per heavy atom. The Labute approximate surface area is 163 Å². The number of rotatable bonds is 6. The van der Waals surface area contributed by atoms with Gasteiger partial charge in [-0.1, -0.05) is 0 Å². The minimum atomic E-state index is 0.0154. The van der Waals surface area contributed by atoms with E-state index in [1.54, 1.807) is 12.5 Å². The van der Waals surface area contributed by atoms with E-state index in [9.17, 15) is 5.11 Å². The molecule has 0 bridgehead atoms. The summed E-state index contributed by atoms with van der Waals surface area (Å²) in [7, 11) is 0. The van der Waals surface area contributed by atoms with Crippen molar-refractivity contribution in [3.05, 3.63) is 24.7 Å². The number of ether oxygens (including phenoxy) is 1. The van der Waals surface area contributed by atoms with Gasteiger partial charge in [0.25, 0.3) is 0 Å². The molecule has 0 saturated carbocycles. The van der Waals surface area contributed by atoms with Gasteiger partial charge in [-0.25, -0.2) is 19.9 Å². The highest BCUT2D eigenvalue weighted by molar-refractivity contribution is 5.85. The smallest absolute Gasteiger partial charge is 0.166 e. The zero-order valence-corrected chi connectivity index (χ0v) is 16.2. The van der Waals surface area contributed by atoms with Crippen LogP contribution in [0.2, 0.25) is 0 Å². The molecule has 3 aromatic rings. The number of aliphatic hydroxyl groups is 1. The first-order valence-electron chi connectivity index (χ1n) is 9.56. The van der Waals surface area contributed by atoms with Crippen LogP contribution in [0.5, 0.6) is 0 Å². The third-order valence-corrected chi connectivity index (χ3v) is 4.72. The van der Waals surface area contributed by atoms with E-state index in [0.29, 0.717) is 23.7 Å². The molecule has 4 heterocycles. The molecule has 0 spiro atoms. The molecular weight excluding hydrogens is 358 g/mol. The summed E-state index contributed by atoms with van der Waals surface area (Å²) in [6, 6.07) is 4.21. The number of anilines is 2. The molecule has 9 heteroatoms. The van der Waals surface area contributed by atoms with Gasteiger partial charge in [-0.3, -0.25) is 0 Å². The van der Waals surface area contributed by atoms with Gasteiger partial charge in [-0.05, 0) is 26.0 Å². The molecule has 1 fully saturated rings. The zero-order chi connectivity index (χ0) is 19.5. The number of nitrogens with zero attached hydrogens (tertiary/aromatic N) is 6. The molecule has 1 saturated heterocycles. The van der Waals surface area contributed by atoms with E-state index in [0.717, 1.165) is 43.3 Å². The second-order valence-corrected chi connectivity index (χ2v) is 6.97. The fourth-order valence-electron chi connectivity index (χ4n) is 3.22. The normalized spacial score (nSPS) is 14.8. The molecule has 4 rings (SSSR count). The number of pyridine rings is 1. The Bertz CT molecular complexity index is 933. The van der Waals surface area contributed by atoms with E-state index in [2.05, 4.69) is 39.0 Å². The van der Waals surface area contributed by atoms with Crippen LogP contribution >= 0.6 is 0 Å². The molecule has 0 aliphatic carbocycles. The van der Waals surface area contributed by atoms with Gasteiger partial charge in [-0.15, -0.1) is 0 Å². The van der Waals surface area contributed by atoms with Crippen LogP contribution in [0.1, 0.15) is 19.9 Å². The van der Waals surface area contributed by atoms with E-state index in [-0.39, 0.29) is 12.6 Å². The highest BCUT2D eigenvalue weighted by Gasteiger charge is 2.17. The number of nitrogens with one attached hydrogen (secondary N) is 1. The van der Waals surface area contributed by atoms with E-state index < -0.39 is 0 Å². The van der Waals surface area contributed by atoms with E-state index >= 15 is 0 Å². The van der Waals surface area contributed by atoms with Gasteiger partial charge in [0.2, 0.25) is 0 Å². The van der Waals surface area contributed by atoms with Crippen LogP contribution in [0.3, 0.4) is 0 Å². The van der Waals surface area contributed by atoms with Crippen LogP contribution in [0.4, 0.5) is 11.6 Å². The first-order valence-corrected chi connectivity index (χ1v) is 9.56. The molecule has 148 valence electrons. The lowest BCUT2D eigenvalue weighted by molar-refractivity contribution is 0.122. The summed E-state index contributed by atoms with van der Waals surface area (Å²) in [5.41, 5.74) is 2.30. The first-order chi connectivity index (χ1) is 13.7. The largest absolute Gasteiger partial charge is 0.395 e. The zero-order valence-electron chi connectivity index (χ0n) is 16.2. The summed E-state index contributed by atoms with van der Waals surface area (Å²) in [6.07, 6.45) is 3.58. The molecule has 28 heavy (non-hydrogen) atoms. The van der Waals surface area contributed by atoms with Crippen molar-refractivity contribution >= 4 is 22.8 Å². The maximum absolute atomic E-state index is 9.18. The Balaban J connectivity index is 1.71. The second kappa shape index (κ2) is 8.07. The summed E-state index contributed by atoms with van der Waals surface area (Å²) < 4.78 is 7.41. The van der Waals surface area contributed by atoms with Gasteiger partial charge < -0.3 is 24.6 Å². The quantitative estimate of drug-likeness (QED) is 0.663. The lowest BCUT2D eigenvalue weighted by Crippen LogP contribution is -2.36. The minimum absolute atomic E-state index is 0.0154. The van der Waals surface area contributed by atoms with Gasteiger partial charge in [0.05, 0.1) is 26.1 Å². The monoisotopic (exact) mass is 383 g/mol. The third kappa shape index (κ3) is 3.63. The van der Waals surface area contributed by atoms with Crippen molar-refractivity contribution < 1.29 is 9.84 Å². The Hall–Kier alpha value is -2.78. The fraction of sp³-hybridized carbons (Fsp3) is 0.474. The topological polar surface area (TPSA) is 101 Å². The Morgan fingerprint density at radius 1 is 1.18 bits per heavy atom. The lowest BCUT2D eigenvalue weighted by Gasteiger charge is -2.27. The van der Waals surface area contributed by atoms with Crippen molar-refractivity contribution in [2.45, 2.75) is 19.9 Å². The third-order valence-electron chi connectivity index (χ3n) is 4.72. The molecule has 2 N–H and O–H groups in total. The average molecular weight is 383 g/mol. The SMILES string of the molecule is CC(C)n1cnc2c(NCCO)nc(-c3ccc(N4CCOCC4)nc3)nc21. The number of hydrogen-bond donors (Lipinski definition) is 2. The molecule has 3 aromatic heterocycles. The molecular formula is C19H25N7O2. The standard InChI is InChI=1S/C19H25N7O2/c1-13(2)26-12-22-16-18(20-5-8-27)23-17(24-19(16)26)14-3-4-15(21-11-14)25-6-9-28-10-7-25/h3-4,11-13,27H,5-10H2,1-2H3,(H,20,23,24). The van der Waals surface area contributed by atoms with Crippen LogP contribution in [-0.2, 0) is 4.74 Å². The number of imidazole rings is 1. The highest BCUT2D eigenvalue weighted by atomic mass is 16.5. The van der Waals surface area contributed by atoms with Gasteiger partial charge in [-0.2, -0.15) is 0 Å². The van der Waals surface area contributed by atoms with Crippen molar-refractivity contribution in [1.82, 2.24) is 24.5 Å². The van der Waals surface area contributed by atoms with Crippen molar-refractivity contribution in [3.8, 4) is 11.4 Å². The molecule has 1 aliphatic heterocycles. The number of morpholine rings is 1. The van der Waals surface area contributed by atoms with Gasteiger partial charge in [0, 0.05) is 37.4 Å². The molecule has 0 aromatic carbocycles. The maximum atomic E-state index is 9.18. The van der Waals surface area contributed by atoms with Crippen molar-refractivity contribution in [2.24, 2.45) is 0 Å². The number of fused-ring (bicyclic) bond motifs is 1. The highest BCUT2D eigenvalue weighted by Crippen LogP contribution is 2.26. The summed E-state index contributed by atoms with van der Waals surface area (Å²) in [6.45, 7) is 7.72. The predicted octanol–water partition coefficient (Wildman–Crippen LogP) is 1.71. The van der Waals surface area contributed by atoms with Crippen LogP contribution < -0.4 is 10.2 Å². The van der Waals surface area contributed by atoms with Crippen LogP contribution in [0.25, 0.3) is 22.6 Å². The van der Waals surface area contributed by atoms with E-state index in [1.807, 2.05) is 16.7 Å². The Kier molecular flexibility index (Phi) is 5.36. The summed E-state index contributed by atoms with van der Waals surface area (Å²) in [4.78, 5) is 20.7. The number of aromatic nitrogens is 5.